The lowest BCUT2D eigenvalue weighted by Crippen LogP contribution is -2.49. The summed E-state index contributed by atoms with van der Waals surface area (Å²) in [6.07, 6.45) is 0.298. The van der Waals surface area contributed by atoms with Crippen LogP contribution in [-0.4, -0.2) is 63.7 Å². The number of carbonyl (C=O) groups is 1. The van der Waals surface area contributed by atoms with Crippen molar-refractivity contribution in [3.05, 3.63) is 110 Å². The monoisotopic (exact) mass is 767 g/mol. The highest BCUT2D eigenvalue weighted by Gasteiger charge is 2.31. The van der Waals surface area contributed by atoms with Gasteiger partial charge in [0.25, 0.3) is 15.9 Å². The van der Waals surface area contributed by atoms with Crippen LogP contribution in [0.3, 0.4) is 0 Å². The van der Waals surface area contributed by atoms with Crippen LogP contribution in [0.25, 0.3) is 10.1 Å². The first kappa shape index (κ1) is 34.6. The second-order valence-corrected chi connectivity index (χ2v) is 16.3. The third-order valence-electron chi connectivity index (χ3n) is 8.62. The second-order valence-electron chi connectivity index (χ2n) is 11.6. The largest absolute Gasteiger partial charge is 0.366 e. The van der Waals surface area contributed by atoms with Crippen molar-refractivity contribution in [1.82, 2.24) is 4.90 Å². The molecule has 6 rings (SSSR count). The van der Waals surface area contributed by atoms with E-state index in [1.807, 2.05) is 78.7 Å². The van der Waals surface area contributed by atoms with Crippen LogP contribution in [0.4, 0.5) is 11.4 Å². The number of aliphatic hydroxyl groups excluding tert-OH is 1. The molecule has 3 heterocycles. The van der Waals surface area contributed by atoms with Crippen molar-refractivity contribution in [2.45, 2.75) is 37.9 Å². The summed E-state index contributed by atoms with van der Waals surface area (Å²) >= 11 is 6.32. The van der Waals surface area contributed by atoms with Crippen LogP contribution < -0.4 is 9.21 Å². The fraction of sp³-hybridized carbons (Fsp3) is 0.306. The first-order chi connectivity index (χ1) is 23.2. The van der Waals surface area contributed by atoms with Gasteiger partial charge in [0.1, 0.15) is 4.88 Å². The molecule has 1 fully saturated rings. The predicted molar refractivity (Wildman–Crippen MR) is 199 cm³/mol. The number of halogens is 1. The Hall–Kier alpha value is -3.26. The quantitative estimate of drug-likeness (QED) is 0.130. The average Bonchev–Trinajstić information content (AvgIpc) is 3.69. The van der Waals surface area contributed by atoms with Crippen molar-refractivity contribution in [2.75, 3.05) is 48.5 Å². The summed E-state index contributed by atoms with van der Waals surface area (Å²) in [4.78, 5) is 18.8. The summed E-state index contributed by atoms with van der Waals surface area (Å²) in [6.45, 7) is 6.58. The fourth-order valence-corrected chi connectivity index (χ4v) is 10.3. The van der Waals surface area contributed by atoms with Crippen LogP contribution in [0.5, 0.6) is 0 Å². The Bertz CT molecular complexity index is 1990. The first-order valence-electron chi connectivity index (χ1n) is 15.9. The molecule has 8 nitrogen and oxygen atoms in total. The SMILES string of the molecule is CCOC(O)c1sc2ccc(S(=O)(=O)N(CCCc3ccccc3)c3ccccc3N3CCN(C(=O)c4sccc4Br)CC3)cc2c1C. The number of aryl methyl sites for hydroxylation is 2. The van der Waals surface area contributed by atoms with E-state index in [2.05, 4.69) is 33.0 Å². The number of fused-ring (bicyclic) bond motifs is 1. The number of hydrogen-bond acceptors (Lipinski definition) is 8. The van der Waals surface area contributed by atoms with Crippen LogP contribution in [0.1, 0.15) is 45.3 Å². The minimum atomic E-state index is -4.01. The number of amides is 1. The molecule has 12 heteroatoms. The summed E-state index contributed by atoms with van der Waals surface area (Å²) < 4.78 is 38.1. The molecule has 1 saturated heterocycles. The van der Waals surface area contributed by atoms with Crippen molar-refractivity contribution in [3.8, 4) is 0 Å². The first-order valence-corrected chi connectivity index (χ1v) is 19.9. The van der Waals surface area contributed by atoms with E-state index in [1.165, 1.54) is 22.7 Å². The number of aliphatic hydroxyl groups is 1. The number of anilines is 2. The van der Waals surface area contributed by atoms with E-state index in [-0.39, 0.29) is 17.3 Å². The second kappa shape index (κ2) is 15.1. The van der Waals surface area contributed by atoms with Gasteiger partial charge in [0.05, 0.1) is 21.1 Å². The molecule has 1 unspecified atom stereocenters. The topological polar surface area (TPSA) is 90.4 Å². The average molecular weight is 769 g/mol. The van der Waals surface area contributed by atoms with E-state index < -0.39 is 16.3 Å². The van der Waals surface area contributed by atoms with Crippen LogP contribution in [0.15, 0.2) is 93.6 Å². The van der Waals surface area contributed by atoms with Crippen LogP contribution in [0, 0.1) is 6.92 Å². The maximum atomic E-state index is 14.7. The van der Waals surface area contributed by atoms with Gasteiger partial charge in [-0.15, -0.1) is 22.7 Å². The molecular weight excluding hydrogens is 731 g/mol. The third kappa shape index (κ3) is 7.19. The van der Waals surface area contributed by atoms with Crippen molar-refractivity contribution in [1.29, 1.82) is 0 Å². The van der Waals surface area contributed by atoms with Gasteiger partial charge in [0.2, 0.25) is 0 Å². The molecule has 1 aliphatic heterocycles. The van der Waals surface area contributed by atoms with Crippen molar-refractivity contribution in [2.24, 2.45) is 0 Å². The smallest absolute Gasteiger partial charge is 0.265 e. The number of ether oxygens (including phenoxy) is 1. The minimum Gasteiger partial charge on any atom is -0.366 e. The highest BCUT2D eigenvalue weighted by atomic mass is 79.9. The van der Waals surface area contributed by atoms with Crippen molar-refractivity contribution < 1.29 is 23.1 Å². The third-order valence-corrected chi connectivity index (χ3v) is 13.6. The zero-order valence-electron chi connectivity index (χ0n) is 26.8. The summed E-state index contributed by atoms with van der Waals surface area (Å²) in [5.74, 6) is 0.00553. The van der Waals surface area contributed by atoms with Crippen molar-refractivity contribution >= 4 is 76.0 Å². The summed E-state index contributed by atoms with van der Waals surface area (Å²) in [7, 11) is -4.01. The lowest BCUT2D eigenvalue weighted by atomic mass is 10.1. The molecule has 1 atom stereocenters. The summed E-state index contributed by atoms with van der Waals surface area (Å²) in [5.41, 5.74) is 3.39. The van der Waals surface area contributed by atoms with Crippen LogP contribution in [-0.2, 0) is 21.2 Å². The van der Waals surface area contributed by atoms with Gasteiger partial charge in [-0.25, -0.2) is 8.42 Å². The number of carbonyl (C=O) groups excluding carboxylic acids is 1. The minimum absolute atomic E-state index is 0.00553. The number of hydrogen-bond donors (Lipinski definition) is 1. The van der Waals surface area contributed by atoms with E-state index in [9.17, 15) is 18.3 Å². The lowest BCUT2D eigenvalue weighted by molar-refractivity contribution is -0.0958. The van der Waals surface area contributed by atoms with Crippen LogP contribution in [0.2, 0.25) is 0 Å². The molecule has 0 spiro atoms. The number of piperazine rings is 1. The normalized spacial score (nSPS) is 14.4. The number of nitrogens with zero attached hydrogens (tertiary/aromatic N) is 3. The number of para-hydroxylation sites is 2. The molecule has 2 aromatic heterocycles. The number of sulfonamides is 1. The van der Waals surface area contributed by atoms with Gasteiger partial charge in [-0.05, 0) is 101 Å². The van der Waals surface area contributed by atoms with E-state index in [1.54, 1.807) is 16.4 Å². The molecule has 48 heavy (non-hydrogen) atoms. The van der Waals surface area contributed by atoms with Crippen molar-refractivity contribution in [3.63, 3.8) is 0 Å². The van der Waals surface area contributed by atoms with Gasteiger partial charge in [-0.1, -0.05) is 42.5 Å². The molecule has 0 saturated carbocycles. The number of benzene rings is 3. The molecule has 0 bridgehead atoms. The molecule has 0 aliphatic carbocycles. The summed E-state index contributed by atoms with van der Waals surface area (Å²) in [6, 6.07) is 24.8. The van der Waals surface area contributed by atoms with Crippen LogP contribution >= 0.6 is 38.6 Å². The highest BCUT2D eigenvalue weighted by molar-refractivity contribution is 9.10. The molecule has 252 valence electrons. The van der Waals surface area contributed by atoms with E-state index in [0.717, 1.165) is 37.8 Å². The Morgan fingerprint density at radius 3 is 2.46 bits per heavy atom. The Labute approximate surface area is 298 Å². The Morgan fingerprint density at radius 2 is 1.75 bits per heavy atom. The van der Waals surface area contributed by atoms with E-state index >= 15 is 0 Å². The molecule has 1 aliphatic rings. The predicted octanol–water partition coefficient (Wildman–Crippen LogP) is 7.85. The van der Waals surface area contributed by atoms with E-state index in [4.69, 9.17) is 4.74 Å². The molecule has 0 radical (unpaired) electrons. The Morgan fingerprint density at radius 1 is 1.02 bits per heavy atom. The maximum Gasteiger partial charge on any atom is 0.265 e. The van der Waals surface area contributed by atoms with Gasteiger partial charge < -0.3 is 19.6 Å². The van der Waals surface area contributed by atoms with Gasteiger partial charge in [0, 0.05) is 48.5 Å². The Balaban J connectivity index is 1.32. The molecular formula is C36H38BrN3O5S3. The van der Waals surface area contributed by atoms with Gasteiger partial charge in [-0.2, -0.15) is 0 Å². The Kier molecular flexibility index (Phi) is 10.9. The maximum absolute atomic E-state index is 14.7. The lowest BCUT2D eigenvalue weighted by Gasteiger charge is -2.38. The standard InChI is InChI=1S/C36H38BrN3O5S3/c1-3-45-36(42)33-25(2)28-24-27(15-16-32(28)47-33)48(43,44)40(18-9-12-26-10-5-4-6-11-26)31-14-8-7-13-30(31)38-19-21-39(22-20-38)35(41)34-29(37)17-23-46-34/h4-8,10-11,13-17,23-24,36,42H,3,9,12,18-22H2,1-2H3. The number of rotatable bonds is 12. The van der Waals surface area contributed by atoms with Gasteiger partial charge >= 0.3 is 0 Å². The zero-order valence-corrected chi connectivity index (χ0v) is 30.9. The number of thiophene rings is 2. The highest BCUT2D eigenvalue weighted by Crippen LogP contribution is 2.39. The van der Waals surface area contributed by atoms with E-state index in [0.29, 0.717) is 54.6 Å². The fourth-order valence-electron chi connectivity index (χ4n) is 6.10. The molecule has 3 aromatic carbocycles. The molecule has 1 amide bonds. The molecule has 5 aromatic rings. The van der Waals surface area contributed by atoms with Gasteiger partial charge in [0.15, 0.2) is 6.29 Å². The summed E-state index contributed by atoms with van der Waals surface area (Å²) in [5, 5.41) is 13.2. The zero-order chi connectivity index (χ0) is 33.8. The molecule has 1 N–H and O–H groups in total. The van der Waals surface area contributed by atoms with Gasteiger partial charge in [-0.3, -0.25) is 9.10 Å².